The van der Waals surface area contributed by atoms with Crippen LogP contribution >= 0.6 is 0 Å². The first kappa shape index (κ1) is 19.1. The fourth-order valence-corrected chi connectivity index (χ4v) is 2.67. The van der Waals surface area contributed by atoms with Crippen LogP contribution in [0.5, 0.6) is 0 Å². The topological polar surface area (TPSA) is 80.8 Å². The molecule has 0 aliphatic heterocycles. The van der Waals surface area contributed by atoms with Gasteiger partial charge in [-0.1, -0.05) is 31.4 Å². The van der Waals surface area contributed by atoms with E-state index in [9.17, 15) is 0 Å². The number of hydrogen-bond acceptors (Lipinski definition) is 5. The van der Waals surface area contributed by atoms with Crippen LogP contribution in [0.25, 0.3) is 0 Å². The van der Waals surface area contributed by atoms with Gasteiger partial charge in [-0.15, -0.1) is 5.10 Å². The van der Waals surface area contributed by atoms with Gasteiger partial charge in [0, 0.05) is 18.8 Å². The van der Waals surface area contributed by atoms with Gasteiger partial charge >= 0.3 is 0 Å². The summed E-state index contributed by atoms with van der Waals surface area (Å²) in [6.45, 7) is 6.93. The van der Waals surface area contributed by atoms with Gasteiger partial charge in [0.25, 0.3) is 0 Å². The van der Waals surface area contributed by atoms with E-state index in [1.165, 1.54) is 38.5 Å². The van der Waals surface area contributed by atoms with Crippen LogP contribution in [0.1, 0.15) is 51.9 Å². The van der Waals surface area contributed by atoms with Gasteiger partial charge in [0.2, 0.25) is 0 Å². The van der Waals surface area contributed by atoms with Gasteiger partial charge in [-0.05, 0) is 51.9 Å². The molecule has 22 heavy (non-hydrogen) atoms. The second kappa shape index (κ2) is 13.7. The molecule has 6 heteroatoms. The molecule has 1 fully saturated rings. The van der Waals surface area contributed by atoms with Crippen molar-refractivity contribution in [2.45, 2.75) is 64.5 Å². The summed E-state index contributed by atoms with van der Waals surface area (Å²) in [5.41, 5.74) is 4.85. The summed E-state index contributed by atoms with van der Waals surface area (Å²) in [4.78, 5) is 0. The summed E-state index contributed by atoms with van der Waals surface area (Å²) in [7, 11) is 0. The van der Waals surface area contributed by atoms with E-state index in [2.05, 4.69) is 20.9 Å². The molecular formula is C16H34N6. The number of rotatable bonds is 9. The van der Waals surface area contributed by atoms with E-state index in [0.717, 1.165) is 45.2 Å². The summed E-state index contributed by atoms with van der Waals surface area (Å²) >= 11 is 0. The van der Waals surface area contributed by atoms with Crippen molar-refractivity contribution in [2.75, 3.05) is 26.2 Å². The Hall–Kier alpha value is -0.980. The average molecular weight is 310 g/mol. The summed E-state index contributed by atoms with van der Waals surface area (Å²) in [6, 6.07) is 0.793. The molecule has 1 heterocycles. The Bertz CT molecular complexity index is 321. The fourth-order valence-electron chi connectivity index (χ4n) is 2.67. The Morgan fingerprint density at radius 3 is 2.55 bits per heavy atom. The number of hydrogen-bond donors (Lipinski definition) is 3. The van der Waals surface area contributed by atoms with Gasteiger partial charge < -0.3 is 16.4 Å². The molecule has 0 unspecified atom stereocenters. The standard InChI is InChI=1S/C14H27N5.C2H7N/c1-2-6-14(7-3-1)16-10-4-8-15-9-5-12-19-13-11-17-18-19;1-2-3/h11,13-16H,1-10,12H2;2-3H2,1H3. The Kier molecular flexibility index (Phi) is 11.8. The van der Waals surface area contributed by atoms with E-state index in [4.69, 9.17) is 5.73 Å². The third-order valence-corrected chi connectivity index (χ3v) is 3.78. The van der Waals surface area contributed by atoms with Gasteiger partial charge in [-0.25, -0.2) is 0 Å². The lowest BCUT2D eigenvalue weighted by molar-refractivity contribution is 0.371. The molecule has 128 valence electrons. The molecule has 0 bridgehead atoms. The molecule has 1 aromatic heterocycles. The van der Waals surface area contributed by atoms with Crippen LogP contribution in [-0.2, 0) is 6.54 Å². The lowest BCUT2D eigenvalue weighted by Gasteiger charge is -2.22. The van der Waals surface area contributed by atoms with Crippen molar-refractivity contribution in [3.8, 4) is 0 Å². The highest BCUT2D eigenvalue weighted by molar-refractivity contribution is 4.71. The summed E-state index contributed by atoms with van der Waals surface area (Å²) in [6.07, 6.45) is 13.0. The molecule has 1 aliphatic carbocycles. The smallest absolute Gasteiger partial charge is 0.0692 e. The Morgan fingerprint density at radius 2 is 1.86 bits per heavy atom. The summed E-state index contributed by atoms with van der Waals surface area (Å²) in [5.74, 6) is 0. The molecule has 0 saturated heterocycles. The van der Waals surface area contributed by atoms with Gasteiger partial charge in [-0.2, -0.15) is 0 Å². The zero-order valence-corrected chi connectivity index (χ0v) is 14.1. The van der Waals surface area contributed by atoms with Crippen LogP contribution in [0.2, 0.25) is 0 Å². The van der Waals surface area contributed by atoms with E-state index in [1.54, 1.807) is 6.20 Å². The van der Waals surface area contributed by atoms with Crippen molar-refractivity contribution in [1.82, 2.24) is 25.6 Å². The first-order valence-corrected chi connectivity index (χ1v) is 8.85. The van der Waals surface area contributed by atoms with E-state index in [-0.39, 0.29) is 0 Å². The number of aryl methyl sites for hydroxylation is 1. The van der Waals surface area contributed by atoms with Crippen molar-refractivity contribution in [3.63, 3.8) is 0 Å². The van der Waals surface area contributed by atoms with E-state index in [1.807, 2.05) is 17.8 Å². The normalized spacial score (nSPS) is 15.4. The number of aromatic nitrogens is 3. The van der Waals surface area contributed by atoms with Gasteiger partial charge in [0.1, 0.15) is 0 Å². The molecule has 0 aromatic carbocycles. The average Bonchev–Trinajstić information content (AvgIpc) is 3.05. The maximum atomic E-state index is 4.85. The second-order valence-electron chi connectivity index (χ2n) is 5.82. The SMILES string of the molecule is CCN.c1cn(CCCNCCCNC2CCCCC2)nn1. The van der Waals surface area contributed by atoms with Crippen molar-refractivity contribution in [3.05, 3.63) is 12.4 Å². The van der Waals surface area contributed by atoms with Gasteiger partial charge in [-0.3, -0.25) is 4.68 Å². The molecule has 0 spiro atoms. The first-order chi connectivity index (χ1) is 10.9. The minimum Gasteiger partial charge on any atom is -0.331 e. The zero-order chi connectivity index (χ0) is 15.9. The molecule has 0 radical (unpaired) electrons. The maximum Gasteiger partial charge on any atom is 0.0692 e. The molecule has 1 aliphatic rings. The van der Waals surface area contributed by atoms with Crippen LogP contribution < -0.4 is 16.4 Å². The van der Waals surface area contributed by atoms with Crippen molar-refractivity contribution >= 4 is 0 Å². The zero-order valence-electron chi connectivity index (χ0n) is 14.1. The van der Waals surface area contributed by atoms with Crippen LogP contribution in [0.3, 0.4) is 0 Å². The second-order valence-corrected chi connectivity index (χ2v) is 5.82. The van der Waals surface area contributed by atoms with Crippen LogP contribution in [0.15, 0.2) is 12.4 Å². The summed E-state index contributed by atoms with van der Waals surface area (Å²) in [5, 5.41) is 14.9. The van der Waals surface area contributed by atoms with E-state index < -0.39 is 0 Å². The summed E-state index contributed by atoms with van der Waals surface area (Å²) < 4.78 is 1.88. The highest BCUT2D eigenvalue weighted by Gasteiger charge is 2.11. The lowest BCUT2D eigenvalue weighted by atomic mass is 9.95. The molecule has 4 N–H and O–H groups in total. The highest BCUT2D eigenvalue weighted by Crippen LogP contribution is 2.16. The van der Waals surface area contributed by atoms with E-state index in [0.29, 0.717) is 0 Å². The minimum atomic E-state index is 0.750. The molecule has 0 amide bonds. The van der Waals surface area contributed by atoms with Crippen molar-refractivity contribution in [1.29, 1.82) is 0 Å². The Labute approximate surface area is 135 Å². The van der Waals surface area contributed by atoms with Crippen LogP contribution in [0.4, 0.5) is 0 Å². The quantitative estimate of drug-likeness (QED) is 0.603. The number of nitrogens with two attached hydrogens (primary N) is 1. The Morgan fingerprint density at radius 1 is 1.14 bits per heavy atom. The molecule has 1 aromatic rings. The molecule has 2 rings (SSSR count). The first-order valence-electron chi connectivity index (χ1n) is 8.85. The third kappa shape index (κ3) is 9.87. The van der Waals surface area contributed by atoms with Crippen LogP contribution in [-0.4, -0.2) is 47.2 Å². The highest BCUT2D eigenvalue weighted by atomic mass is 15.4. The largest absolute Gasteiger partial charge is 0.331 e. The molecule has 1 saturated carbocycles. The predicted octanol–water partition coefficient (Wildman–Crippen LogP) is 1.54. The van der Waals surface area contributed by atoms with Gasteiger partial charge in [0.15, 0.2) is 0 Å². The third-order valence-electron chi connectivity index (χ3n) is 3.78. The Balaban J connectivity index is 0.000000745. The molecule has 6 nitrogen and oxygen atoms in total. The number of nitrogens with zero attached hydrogens (tertiary/aromatic N) is 3. The molecule has 0 atom stereocenters. The molecular weight excluding hydrogens is 276 g/mol. The van der Waals surface area contributed by atoms with E-state index >= 15 is 0 Å². The maximum absolute atomic E-state index is 4.85. The number of nitrogens with one attached hydrogen (secondary N) is 2. The predicted molar refractivity (Wildman–Crippen MR) is 91.7 cm³/mol. The lowest BCUT2D eigenvalue weighted by Crippen LogP contribution is -2.33. The monoisotopic (exact) mass is 310 g/mol. The minimum absolute atomic E-state index is 0.750. The van der Waals surface area contributed by atoms with Gasteiger partial charge in [0.05, 0.1) is 6.20 Å². The van der Waals surface area contributed by atoms with Crippen molar-refractivity contribution < 1.29 is 0 Å². The van der Waals surface area contributed by atoms with Crippen molar-refractivity contribution in [2.24, 2.45) is 5.73 Å². The fraction of sp³-hybridized carbons (Fsp3) is 0.875. The van der Waals surface area contributed by atoms with Crippen LogP contribution in [0, 0.1) is 0 Å².